The first kappa shape index (κ1) is 13.5. The highest BCUT2D eigenvalue weighted by atomic mass is 35.5. The van der Waals surface area contributed by atoms with E-state index in [4.69, 9.17) is 23.2 Å². The molecule has 1 amide bonds. The highest BCUT2D eigenvalue weighted by molar-refractivity contribution is 6.41. The molecular weight excluding hydrogens is 285 g/mol. The molecule has 7 heteroatoms. The zero-order valence-electron chi connectivity index (χ0n) is 9.30. The van der Waals surface area contributed by atoms with E-state index in [1.54, 1.807) is 0 Å². The van der Waals surface area contributed by atoms with Crippen LogP contribution in [0.1, 0.15) is 23.2 Å². The van der Waals surface area contributed by atoms with Crippen molar-refractivity contribution in [1.29, 1.82) is 0 Å². The third-order valence-corrected chi connectivity index (χ3v) is 3.51. The van der Waals surface area contributed by atoms with E-state index in [0.29, 0.717) is 0 Å². The molecule has 1 aromatic rings. The Kier molecular flexibility index (Phi) is 3.73. The maximum Gasteiger partial charge on any atom is 0.255 e. The minimum Gasteiger partial charge on any atom is -0.338 e. The summed E-state index contributed by atoms with van der Waals surface area (Å²) in [5.74, 6) is -3.02. The maximum atomic E-state index is 13.0. The van der Waals surface area contributed by atoms with Gasteiger partial charge < -0.3 is 4.90 Å². The predicted octanol–water partition coefficient (Wildman–Crippen LogP) is 3.26. The lowest BCUT2D eigenvalue weighted by molar-refractivity contribution is -0.0494. The van der Waals surface area contributed by atoms with E-state index in [2.05, 4.69) is 4.98 Å². The van der Waals surface area contributed by atoms with Gasteiger partial charge in [-0.05, 0) is 6.07 Å². The summed E-state index contributed by atoms with van der Waals surface area (Å²) in [7, 11) is 0. The molecule has 0 bridgehead atoms. The van der Waals surface area contributed by atoms with Gasteiger partial charge in [-0.2, -0.15) is 0 Å². The van der Waals surface area contributed by atoms with Gasteiger partial charge in [0.15, 0.2) is 0 Å². The Morgan fingerprint density at radius 1 is 1.33 bits per heavy atom. The van der Waals surface area contributed by atoms with Crippen LogP contribution in [0.3, 0.4) is 0 Å². The van der Waals surface area contributed by atoms with E-state index in [0.717, 1.165) is 0 Å². The van der Waals surface area contributed by atoms with Gasteiger partial charge in [-0.3, -0.25) is 4.79 Å². The molecule has 2 heterocycles. The van der Waals surface area contributed by atoms with E-state index in [1.165, 1.54) is 17.2 Å². The van der Waals surface area contributed by atoms with Gasteiger partial charge in [0.25, 0.3) is 11.8 Å². The highest BCUT2D eigenvalue weighted by Crippen LogP contribution is 2.28. The normalized spacial score (nSPS) is 18.8. The Balaban J connectivity index is 2.10. The minimum atomic E-state index is -2.67. The molecule has 1 saturated heterocycles. The second kappa shape index (κ2) is 4.97. The van der Waals surface area contributed by atoms with E-state index in [1.807, 2.05) is 0 Å². The van der Waals surface area contributed by atoms with Crippen molar-refractivity contribution < 1.29 is 13.6 Å². The number of likely N-dealkylation sites (tertiary alicyclic amines) is 1. The van der Waals surface area contributed by atoms with Crippen LogP contribution >= 0.6 is 23.2 Å². The van der Waals surface area contributed by atoms with Crippen LogP contribution < -0.4 is 0 Å². The lowest BCUT2D eigenvalue weighted by atomic mass is 10.1. The van der Waals surface area contributed by atoms with Crippen LogP contribution in [-0.2, 0) is 0 Å². The van der Waals surface area contributed by atoms with E-state index >= 15 is 0 Å². The van der Waals surface area contributed by atoms with E-state index in [9.17, 15) is 13.6 Å². The van der Waals surface area contributed by atoms with E-state index < -0.39 is 5.92 Å². The molecule has 0 spiro atoms. The summed E-state index contributed by atoms with van der Waals surface area (Å²) in [6.07, 6.45) is 0.671. The summed E-state index contributed by atoms with van der Waals surface area (Å²) >= 11 is 11.4. The number of rotatable bonds is 1. The molecule has 0 aromatic carbocycles. The molecule has 1 aromatic heterocycles. The number of amides is 1. The summed E-state index contributed by atoms with van der Waals surface area (Å²) in [6.45, 7) is 0.0676. The molecule has 1 aliphatic heterocycles. The van der Waals surface area contributed by atoms with Gasteiger partial charge in [0.1, 0.15) is 5.15 Å². The molecule has 0 N–H and O–H groups in total. The SMILES string of the molecule is O=C(c1cnc(Cl)c(Cl)c1)N1CCC(F)(F)CC1. The Hall–Kier alpha value is -0.940. The Bertz CT molecular complexity index is 472. The quantitative estimate of drug-likeness (QED) is 0.745. The Morgan fingerprint density at radius 3 is 2.50 bits per heavy atom. The fraction of sp³-hybridized carbons (Fsp3) is 0.455. The van der Waals surface area contributed by atoms with Crippen LogP contribution in [0.5, 0.6) is 0 Å². The van der Waals surface area contributed by atoms with Gasteiger partial charge >= 0.3 is 0 Å². The van der Waals surface area contributed by atoms with Gasteiger partial charge in [0.2, 0.25) is 0 Å². The van der Waals surface area contributed by atoms with Gasteiger partial charge in [-0.25, -0.2) is 13.8 Å². The van der Waals surface area contributed by atoms with Crippen LogP contribution in [-0.4, -0.2) is 34.8 Å². The lowest BCUT2D eigenvalue weighted by Crippen LogP contribution is -2.42. The number of hydrogen-bond acceptors (Lipinski definition) is 2. The number of hydrogen-bond donors (Lipinski definition) is 0. The van der Waals surface area contributed by atoms with Crippen molar-refractivity contribution in [3.05, 3.63) is 28.0 Å². The van der Waals surface area contributed by atoms with Crippen LogP contribution in [0, 0.1) is 0 Å². The molecule has 1 aliphatic rings. The van der Waals surface area contributed by atoms with Crippen LogP contribution in [0.15, 0.2) is 12.3 Å². The number of alkyl halides is 2. The zero-order valence-corrected chi connectivity index (χ0v) is 10.8. The van der Waals surface area contributed by atoms with Crippen molar-refractivity contribution in [2.24, 2.45) is 0 Å². The van der Waals surface area contributed by atoms with Crippen molar-refractivity contribution in [2.75, 3.05) is 13.1 Å². The number of aromatic nitrogens is 1. The first-order valence-corrected chi connectivity index (χ1v) is 6.13. The molecule has 1 fully saturated rings. The molecule has 0 saturated carbocycles. The molecule has 18 heavy (non-hydrogen) atoms. The third-order valence-electron chi connectivity index (χ3n) is 2.83. The highest BCUT2D eigenvalue weighted by Gasteiger charge is 2.35. The topological polar surface area (TPSA) is 33.2 Å². The maximum absolute atomic E-state index is 13.0. The standard InChI is InChI=1S/C11H10Cl2F2N2O/c12-8-5-7(6-16-9(8)13)10(18)17-3-1-11(14,15)2-4-17/h5-6H,1-4H2. The van der Waals surface area contributed by atoms with Crippen molar-refractivity contribution in [3.8, 4) is 0 Å². The number of piperidine rings is 1. The molecule has 0 unspecified atom stereocenters. The fourth-order valence-electron chi connectivity index (χ4n) is 1.76. The molecule has 0 radical (unpaired) electrons. The second-order valence-corrected chi connectivity index (χ2v) is 4.91. The van der Waals surface area contributed by atoms with Gasteiger partial charge in [0.05, 0.1) is 10.6 Å². The van der Waals surface area contributed by atoms with Gasteiger partial charge in [-0.15, -0.1) is 0 Å². The average molecular weight is 295 g/mol. The summed E-state index contributed by atoms with van der Waals surface area (Å²) < 4.78 is 25.9. The smallest absolute Gasteiger partial charge is 0.255 e. The third kappa shape index (κ3) is 2.90. The fourth-order valence-corrected chi connectivity index (χ4v) is 2.03. The summed E-state index contributed by atoms with van der Waals surface area (Å²) in [5.41, 5.74) is 0.259. The molecule has 2 rings (SSSR count). The number of nitrogens with zero attached hydrogens (tertiary/aromatic N) is 2. The average Bonchev–Trinajstić information content (AvgIpc) is 2.32. The van der Waals surface area contributed by atoms with Crippen molar-refractivity contribution in [3.63, 3.8) is 0 Å². The van der Waals surface area contributed by atoms with Crippen LogP contribution in [0.2, 0.25) is 10.2 Å². The first-order chi connectivity index (χ1) is 8.39. The summed E-state index contributed by atoms with van der Waals surface area (Å²) in [4.78, 5) is 17.1. The van der Waals surface area contributed by atoms with Crippen molar-refractivity contribution in [1.82, 2.24) is 9.88 Å². The monoisotopic (exact) mass is 294 g/mol. The van der Waals surface area contributed by atoms with Gasteiger partial charge in [0, 0.05) is 32.1 Å². The summed E-state index contributed by atoms with van der Waals surface area (Å²) in [5, 5.41) is 0.281. The molecule has 0 aliphatic carbocycles. The molecular formula is C11H10Cl2F2N2O. The minimum absolute atomic E-state index is 0.0338. The summed E-state index contributed by atoms with van der Waals surface area (Å²) in [6, 6.07) is 1.39. The van der Waals surface area contributed by atoms with Crippen molar-refractivity contribution in [2.45, 2.75) is 18.8 Å². The van der Waals surface area contributed by atoms with Crippen molar-refractivity contribution >= 4 is 29.1 Å². The zero-order chi connectivity index (χ0) is 13.3. The largest absolute Gasteiger partial charge is 0.338 e. The number of pyridine rings is 1. The Labute approximate surface area is 113 Å². The Morgan fingerprint density at radius 2 is 1.94 bits per heavy atom. The van der Waals surface area contributed by atoms with Crippen LogP contribution in [0.4, 0.5) is 8.78 Å². The predicted molar refractivity (Wildman–Crippen MR) is 64.3 cm³/mol. The van der Waals surface area contributed by atoms with Crippen LogP contribution in [0.25, 0.3) is 0 Å². The van der Waals surface area contributed by atoms with E-state index in [-0.39, 0.29) is 47.6 Å². The van der Waals surface area contributed by atoms with Gasteiger partial charge in [-0.1, -0.05) is 23.2 Å². The first-order valence-electron chi connectivity index (χ1n) is 5.37. The molecule has 98 valence electrons. The number of carbonyl (C=O) groups excluding carboxylic acids is 1. The lowest BCUT2D eigenvalue weighted by Gasteiger charge is -2.31. The number of halogens is 4. The molecule has 3 nitrogen and oxygen atoms in total. The number of carbonyl (C=O) groups is 1. The molecule has 0 atom stereocenters. The second-order valence-electron chi connectivity index (χ2n) is 4.14.